The number of hydrogen-bond acceptors (Lipinski definition) is 6. The molecule has 152 valence electrons. The van der Waals surface area contributed by atoms with Crippen molar-refractivity contribution in [2.24, 2.45) is 0 Å². The average molecular weight is 445 g/mol. The summed E-state index contributed by atoms with van der Waals surface area (Å²) in [6, 6.07) is 6.16. The summed E-state index contributed by atoms with van der Waals surface area (Å²) in [7, 11) is 0. The Balaban J connectivity index is 1.70. The van der Waals surface area contributed by atoms with Gasteiger partial charge in [0.05, 0.1) is 29.3 Å². The third-order valence-electron chi connectivity index (χ3n) is 4.58. The van der Waals surface area contributed by atoms with Crippen molar-refractivity contribution < 1.29 is 14.6 Å². The number of carboxylic acid groups (broad SMARTS) is 1. The van der Waals surface area contributed by atoms with Crippen molar-refractivity contribution in [2.45, 2.75) is 17.8 Å². The van der Waals surface area contributed by atoms with Gasteiger partial charge >= 0.3 is 5.97 Å². The molecule has 10 heteroatoms. The molecule has 1 saturated heterocycles. The summed E-state index contributed by atoms with van der Waals surface area (Å²) in [6.07, 6.45) is 2.44. The van der Waals surface area contributed by atoms with Crippen LogP contribution in [0.25, 0.3) is 11.3 Å². The number of nitrogens with zero attached hydrogens (tertiary/aromatic N) is 2. The number of nitrogens with one attached hydrogen (secondary N) is 2. The third kappa shape index (κ3) is 5.33. The fraction of sp³-hybridized carbons (Fsp3) is 0.444. The van der Waals surface area contributed by atoms with Crippen LogP contribution in [-0.4, -0.2) is 70.1 Å². The van der Waals surface area contributed by atoms with E-state index in [0.29, 0.717) is 41.2 Å². The van der Waals surface area contributed by atoms with Gasteiger partial charge in [0.25, 0.3) is 0 Å². The molecule has 7 nitrogen and oxygen atoms in total. The maximum absolute atomic E-state index is 11.8. The van der Waals surface area contributed by atoms with E-state index in [1.165, 1.54) is 0 Å². The molecule has 0 amide bonds. The Kier molecular flexibility index (Phi) is 7.48. The van der Waals surface area contributed by atoms with Gasteiger partial charge in [0.1, 0.15) is 11.9 Å². The number of aromatic nitrogens is 2. The van der Waals surface area contributed by atoms with Gasteiger partial charge in [-0.2, -0.15) is 5.10 Å². The molecule has 0 aliphatic carbocycles. The lowest BCUT2D eigenvalue weighted by Gasteiger charge is -2.34. The predicted octanol–water partition coefficient (Wildman–Crippen LogP) is 3.66. The summed E-state index contributed by atoms with van der Waals surface area (Å²) >= 11 is 13.8. The molecule has 3 rings (SSSR count). The van der Waals surface area contributed by atoms with Crippen LogP contribution >= 0.6 is 35.0 Å². The Labute approximate surface area is 177 Å². The van der Waals surface area contributed by atoms with Crippen LogP contribution in [0, 0.1) is 0 Å². The molecule has 1 aliphatic heterocycles. The molecule has 0 spiro atoms. The molecular formula is C18H22Cl2N4O3S. The number of anilines is 1. The molecule has 2 heterocycles. The Hall–Kier alpha value is -1.45. The first kappa shape index (κ1) is 21.3. The minimum Gasteiger partial charge on any atom is -0.480 e. The molecule has 28 heavy (non-hydrogen) atoms. The number of H-pyrrole nitrogens is 1. The van der Waals surface area contributed by atoms with Crippen molar-refractivity contribution in [2.75, 3.05) is 37.9 Å². The monoisotopic (exact) mass is 444 g/mol. The number of ether oxygens (including phenoxy) is 1. The van der Waals surface area contributed by atoms with Crippen molar-refractivity contribution in [3.63, 3.8) is 0 Å². The number of carbonyl (C=O) groups is 1. The third-order valence-corrected chi connectivity index (χ3v) is 6.16. The summed E-state index contributed by atoms with van der Waals surface area (Å²) in [5.41, 5.74) is 1.43. The number of aromatic amines is 1. The van der Waals surface area contributed by atoms with Gasteiger partial charge in [-0.1, -0.05) is 23.2 Å². The van der Waals surface area contributed by atoms with E-state index in [0.717, 1.165) is 18.7 Å². The van der Waals surface area contributed by atoms with Crippen LogP contribution in [0.2, 0.25) is 10.0 Å². The molecule has 2 aromatic rings. The standard InChI is InChI=1S/C18H22Cl2N4O3S/c1-28-17(24-4-6-27-7-5-24)10-15(18(25)26)21-16-9-14(22-23-16)12-3-2-11(19)8-13(12)20/h2-3,8-9,15,17H,4-7,10H2,1H3,(H,25,26)(H2,21,22,23). The van der Waals surface area contributed by atoms with Crippen LogP contribution < -0.4 is 5.32 Å². The summed E-state index contributed by atoms with van der Waals surface area (Å²) < 4.78 is 5.39. The molecule has 0 saturated carbocycles. The number of thioether (sulfide) groups is 1. The second-order valence-electron chi connectivity index (χ2n) is 6.40. The highest BCUT2D eigenvalue weighted by Crippen LogP contribution is 2.30. The lowest BCUT2D eigenvalue weighted by molar-refractivity contribution is -0.138. The van der Waals surface area contributed by atoms with Gasteiger partial charge < -0.3 is 15.2 Å². The van der Waals surface area contributed by atoms with E-state index < -0.39 is 12.0 Å². The molecule has 2 unspecified atom stereocenters. The van der Waals surface area contributed by atoms with Gasteiger partial charge in [0.15, 0.2) is 0 Å². The van der Waals surface area contributed by atoms with Crippen molar-refractivity contribution >= 4 is 46.8 Å². The minimum atomic E-state index is -0.915. The normalized spacial score (nSPS) is 17.2. The van der Waals surface area contributed by atoms with E-state index in [9.17, 15) is 9.90 Å². The Morgan fingerprint density at radius 3 is 2.79 bits per heavy atom. The maximum Gasteiger partial charge on any atom is 0.326 e. The fourth-order valence-electron chi connectivity index (χ4n) is 3.10. The quantitative estimate of drug-likeness (QED) is 0.571. The van der Waals surface area contributed by atoms with E-state index in [4.69, 9.17) is 27.9 Å². The second kappa shape index (κ2) is 9.84. The zero-order valence-corrected chi connectivity index (χ0v) is 17.7. The van der Waals surface area contributed by atoms with Crippen LogP contribution in [0.15, 0.2) is 24.3 Å². The second-order valence-corrected chi connectivity index (χ2v) is 8.26. The highest BCUT2D eigenvalue weighted by Gasteiger charge is 2.28. The Morgan fingerprint density at radius 1 is 1.39 bits per heavy atom. The van der Waals surface area contributed by atoms with Crippen molar-refractivity contribution in [3.05, 3.63) is 34.3 Å². The number of aliphatic carboxylic acids is 1. The molecule has 1 aromatic carbocycles. The summed E-state index contributed by atoms with van der Waals surface area (Å²) in [4.78, 5) is 14.1. The van der Waals surface area contributed by atoms with Gasteiger partial charge in [-0.3, -0.25) is 10.00 Å². The van der Waals surface area contributed by atoms with E-state index in [1.54, 1.807) is 36.0 Å². The Morgan fingerprint density at radius 2 is 2.14 bits per heavy atom. The molecular weight excluding hydrogens is 423 g/mol. The maximum atomic E-state index is 11.8. The molecule has 1 aromatic heterocycles. The fourth-order valence-corrected chi connectivity index (χ4v) is 4.51. The summed E-state index contributed by atoms with van der Waals surface area (Å²) in [5.74, 6) is -0.461. The number of benzene rings is 1. The van der Waals surface area contributed by atoms with E-state index >= 15 is 0 Å². The van der Waals surface area contributed by atoms with E-state index in [1.807, 2.05) is 6.26 Å². The van der Waals surface area contributed by atoms with Crippen molar-refractivity contribution in [3.8, 4) is 11.3 Å². The number of hydrogen-bond donors (Lipinski definition) is 3. The Bertz CT molecular complexity index is 814. The van der Waals surface area contributed by atoms with Gasteiger partial charge in [0.2, 0.25) is 0 Å². The van der Waals surface area contributed by atoms with Gasteiger partial charge in [-0.15, -0.1) is 11.8 Å². The zero-order chi connectivity index (χ0) is 20.1. The SMILES string of the molecule is CSC(CC(Nc1cc(-c2ccc(Cl)cc2Cl)[nH]n1)C(=O)O)N1CCOCC1. The molecule has 0 bridgehead atoms. The van der Waals surface area contributed by atoms with Gasteiger partial charge in [-0.25, -0.2) is 4.79 Å². The molecule has 3 N–H and O–H groups in total. The lowest BCUT2D eigenvalue weighted by Crippen LogP contribution is -2.45. The van der Waals surface area contributed by atoms with E-state index in [2.05, 4.69) is 20.4 Å². The molecule has 0 radical (unpaired) electrons. The minimum absolute atomic E-state index is 0.0848. The highest BCUT2D eigenvalue weighted by atomic mass is 35.5. The molecule has 2 atom stereocenters. The summed E-state index contributed by atoms with van der Waals surface area (Å²) in [6.45, 7) is 2.96. The highest BCUT2D eigenvalue weighted by molar-refractivity contribution is 7.99. The number of halogens is 2. The first-order valence-electron chi connectivity index (χ1n) is 8.82. The number of carboxylic acids is 1. The summed E-state index contributed by atoms with van der Waals surface area (Å²) in [5, 5.41) is 20.9. The molecule has 1 fully saturated rings. The number of rotatable bonds is 8. The number of morpholine rings is 1. The first-order valence-corrected chi connectivity index (χ1v) is 10.9. The van der Waals surface area contributed by atoms with E-state index in [-0.39, 0.29) is 5.37 Å². The molecule has 1 aliphatic rings. The topological polar surface area (TPSA) is 90.5 Å². The van der Waals surface area contributed by atoms with Crippen LogP contribution in [-0.2, 0) is 9.53 Å². The lowest BCUT2D eigenvalue weighted by atomic mass is 10.1. The average Bonchev–Trinajstić information content (AvgIpc) is 3.13. The van der Waals surface area contributed by atoms with Crippen LogP contribution in [0.5, 0.6) is 0 Å². The van der Waals surface area contributed by atoms with Crippen molar-refractivity contribution in [1.29, 1.82) is 0 Å². The zero-order valence-electron chi connectivity index (χ0n) is 15.3. The largest absolute Gasteiger partial charge is 0.480 e. The first-order chi connectivity index (χ1) is 13.5. The van der Waals surface area contributed by atoms with Crippen LogP contribution in [0.4, 0.5) is 5.82 Å². The van der Waals surface area contributed by atoms with Crippen molar-refractivity contribution in [1.82, 2.24) is 15.1 Å². The van der Waals surface area contributed by atoms with Crippen LogP contribution in [0.3, 0.4) is 0 Å². The van der Waals surface area contributed by atoms with Gasteiger partial charge in [-0.05, 0) is 24.5 Å². The predicted molar refractivity (Wildman–Crippen MR) is 113 cm³/mol. The smallest absolute Gasteiger partial charge is 0.326 e. The van der Waals surface area contributed by atoms with Gasteiger partial charge in [0, 0.05) is 36.2 Å². The van der Waals surface area contributed by atoms with Crippen LogP contribution in [0.1, 0.15) is 6.42 Å².